The van der Waals surface area contributed by atoms with E-state index in [-0.39, 0.29) is 26.9 Å². The third-order valence-corrected chi connectivity index (χ3v) is 4.45. The molecule has 0 radical (unpaired) electrons. The summed E-state index contributed by atoms with van der Waals surface area (Å²) in [6, 6.07) is 8.93. The van der Waals surface area contributed by atoms with Crippen molar-refractivity contribution < 1.29 is 12.8 Å². The van der Waals surface area contributed by atoms with Crippen LogP contribution in [0.15, 0.2) is 41.3 Å². The predicted molar refractivity (Wildman–Crippen MR) is 77.8 cm³/mol. The van der Waals surface area contributed by atoms with Crippen molar-refractivity contribution in [3.8, 4) is 6.07 Å². The van der Waals surface area contributed by atoms with Crippen molar-refractivity contribution in [1.29, 1.82) is 5.26 Å². The van der Waals surface area contributed by atoms with Crippen LogP contribution in [-0.4, -0.2) is 8.42 Å². The molecule has 0 fully saturated rings. The number of anilines is 2. The number of nitrogens with zero attached hydrogens (tertiary/aromatic N) is 1. The minimum Gasteiger partial charge on any atom is -0.397 e. The van der Waals surface area contributed by atoms with Crippen molar-refractivity contribution in [3.05, 3.63) is 52.8 Å². The van der Waals surface area contributed by atoms with Gasteiger partial charge in [-0.05, 0) is 36.4 Å². The van der Waals surface area contributed by atoms with E-state index in [1.165, 1.54) is 18.2 Å². The first-order chi connectivity index (χ1) is 9.83. The largest absolute Gasteiger partial charge is 0.397 e. The molecule has 5 nitrogen and oxygen atoms in total. The lowest BCUT2D eigenvalue weighted by Crippen LogP contribution is -2.15. The predicted octanol–water partition coefficient (Wildman–Crippen LogP) is 2.73. The number of sulfonamides is 1. The van der Waals surface area contributed by atoms with E-state index in [0.29, 0.717) is 0 Å². The van der Waals surface area contributed by atoms with E-state index in [1.807, 2.05) is 6.07 Å². The minimum absolute atomic E-state index is 0.0230. The van der Waals surface area contributed by atoms with Crippen molar-refractivity contribution in [3.63, 3.8) is 0 Å². The molecule has 21 heavy (non-hydrogen) atoms. The Morgan fingerprint density at radius 2 is 1.95 bits per heavy atom. The first-order valence-corrected chi connectivity index (χ1v) is 7.47. The zero-order chi connectivity index (χ0) is 15.6. The van der Waals surface area contributed by atoms with Gasteiger partial charge in [0.2, 0.25) is 0 Å². The van der Waals surface area contributed by atoms with Crippen LogP contribution in [0.5, 0.6) is 0 Å². The van der Waals surface area contributed by atoms with Crippen molar-refractivity contribution >= 4 is 33.0 Å². The fraction of sp³-hybridized carbons (Fsp3) is 0. The van der Waals surface area contributed by atoms with Crippen molar-refractivity contribution in [2.45, 2.75) is 4.90 Å². The third kappa shape index (κ3) is 3.24. The van der Waals surface area contributed by atoms with Crippen LogP contribution in [-0.2, 0) is 10.0 Å². The van der Waals surface area contributed by atoms with Crippen LogP contribution in [0.3, 0.4) is 0 Å². The summed E-state index contributed by atoms with van der Waals surface area (Å²) >= 11 is 5.85. The van der Waals surface area contributed by atoms with E-state index in [9.17, 15) is 12.8 Å². The Morgan fingerprint density at radius 3 is 2.57 bits per heavy atom. The molecule has 0 aliphatic rings. The molecule has 0 saturated heterocycles. The first kappa shape index (κ1) is 15.1. The van der Waals surface area contributed by atoms with Gasteiger partial charge in [-0.2, -0.15) is 5.26 Å². The highest BCUT2D eigenvalue weighted by atomic mass is 35.5. The Hall–Kier alpha value is -2.30. The number of nitriles is 1. The van der Waals surface area contributed by atoms with Gasteiger partial charge in [0, 0.05) is 0 Å². The zero-order valence-electron chi connectivity index (χ0n) is 10.5. The number of nitrogens with one attached hydrogen (secondary N) is 1. The molecule has 0 aliphatic heterocycles. The normalized spacial score (nSPS) is 10.9. The molecule has 0 atom stereocenters. The molecule has 0 bridgehead atoms. The van der Waals surface area contributed by atoms with Gasteiger partial charge in [-0.25, -0.2) is 12.8 Å². The van der Waals surface area contributed by atoms with Gasteiger partial charge in [-0.3, -0.25) is 4.72 Å². The molecular weight excluding hydrogens is 317 g/mol. The van der Waals surface area contributed by atoms with E-state index in [2.05, 4.69) is 4.72 Å². The SMILES string of the molecule is N#Cc1ccc(Cl)c(S(=O)(=O)Nc2ccc(F)cc2N)c1. The second kappa shape index (κ2) is 5.60. The van der Waals surface area contributed by atoms with Gasteiger partial charge in [0.15, 0.2) is 0 Å². The average Bonchev–Trinajstić information content (AvgIpc) is 2.42. The molecule has 0 saturated carbocycles. The fourth-order valence-corrected chi connectivity index (χ4v) is 3.22. The van der Waals surface area contributed by atoms with Gasteiger partial charge in [-0.15, -0.1) is 0 Å². The monoisotopic (exact) mass is 325 g/mol. The standard InChI is InChI=1S/C13H9ClFN3O2S/c14-10-3-1-8(7-16)5-13(10)21(19,20)18-12-4-2-9(15)6-11(12)17/h1-6,18H,17H2. The quantitative estimate of drug-likeness (QED) is 0.848. The summed E-state index contributed by atoms with van der Waals surface area (Å²) in [4.78, 5) is -0.257. The average molecular weight is 326 g/mol. The third-order valence-electron chi connectivity index (χ3n) is 2.61. The summed E-state index contributed by atoms with van der Waals surface area (Å²) in [6.07, 6.45) is 0. The molecule has 0 amide bonds. The molecule has 2 rings (SSSR count). The number of nitrogens with two attached hydrogens (primary N) is 1. The Kier molecular flexibility index (Phi) is 4.02. The highest BCUT2D eigenvalue weighted by Crippen LogP contribution is 2.27. The molecule has 0 aliphatic carbocycles. The fourth-order valence-electron chi connectivity index (χ4n) is 1.61. The van der Waals surface area contributed by atoms with Gasteiger partial charge in [0.1, 0.15) is 10.7 Å². The molecule has 0 aromatic heterocycles. The molecule has 8 heteroatoms. The molecule has 0 heterocycles. The van der Waals surface area contributed by atoms with Crippen LogP contribution in [0, 0.1) is 17.1 Å². The van der Waals surface area contributed by atoms with E-state index < -0.39 is 15.8 Å². The maximum absolute atomic E-state index is 13.0. The van der Waals surface area contributed by atoms with Crippen LogP contribution >= 0.6 is 11.6 Å². The molecule has 3 N–H and O–H groups in total. The number of nitrogen functional groups attached to an aromatic ring is 1. The summed E-state index contributed by atoms with van der Waals surface area (Å²) in [7, 11) is -4.05. The number of hydrogen-bond donors (Lipinski definition) is 2. The lowest BCUT2D eigenvalue weighted by Gasteiger charge is -2.11. The number of halogens is 2. The minimum atomic E-state index is -4.05. The van der Waals surface area contributed by atoms with Gasteiger partial charge in [0.05, 0.1) is 28.0 Å². The number of hydrogen-bond acceptors (Lipinski definition) is 4. The Balaban J connectivity index is 2.46. The number of rotatable bonds is 3. The molecule has 2 aromatic carbocycles. The lowest BCUT2D eigenvalue weighted by molar-refractivity contribution is 0.601. The van der Waals surface area contributed by atoms with E-state index in [0.717, 1.165) is 18.2 Å². The second-order valence-corrected chi connectivity index (χ2v) is 6.15. The molecule has 2 aromatic rings. The first-order valence-electron chi connectivity index (χ1n) is 5.61. The molecular formula is C13H9ClFN3O2S. The molecule has 0 spiro atoms. The van der Waals surface area contributed by atoms with Crippen molar-refractivity contribution in [2.24, 2.45) is 0 Å². The van der Waals surface area contributed by atoms with Gasteiger partial charge in [0.25, 0.3) is 10.0 Å². The highest BCUT2D eigenvalue weighted by Gasteiger charge is 2.20. The number of benzene rings is 2. The summed E-state index contributed by atoms with van der Waals surface area (Å²) in [6.45, 7) is 0. The van der Waals surface area contributed by atoms with Crippen LogP contribution in [0.4, 0.5) is 15.8 Å². The van der Waals surface area contributed by atoms with Gasteiger partial charge < -0.3 is 5.73 Å². The highest BCUT2D eigenvalue weighted by molar-refractivity contribution is 7.92. The molecule has 108 valence electrons. The van der Waals surface area contributed by atoms with Crippen LogP contribution < -0.4 is 10.5 Å². The summed E-state index contributed by atoms with van der Waals surface area (Å²) in [5.74, 6) is -0.583. The maximum atomic E-state index is 13.0. The van der Waals surface area contributed by atoms with Gasteiger partial charge in [-0.1, -0.05) is 11.6 Å². The Labute approximate surface area is 125 Å². The maximum Gasteiger partial charge on any atom is 0.263 e. The van der Waals surface area contributed by atoms with E-state index >= 15 is 0 Å². The zero-order valence-corrected chi connectivity index (χ0v) is 12.0. The summed E-state index contributed by atoms with van der Waals surface area (Å²) < 4.78 is 39.7. The Morgan fingerprint density at radius 1 is 1.24 bits per heavy atom. The Bertz CT molecular complexity index is 847. The van der Waals surface area contributed by atoms with Crippen LogP contribution in [0.2, 0.25) is 5.02 Å². The van der Waals surface area contributed by atoms with E-state index in [1.54, 1.807) is 0 Å². The summed E-state index contributed by atoms with van der Waals surface area (Å²) in [5.41, 5.74) is 5.65. The topological polar surface area (TPSA) is 96.0 Å². The van der Waals surface area contributed by atoms with Crippen LogP contribution in [0.25, 0.3) is 0 Å². The molecule has 0 unspecified atom stereocenters. The lowest BCUT2D eigenvalue weighted by atomic mass is 10.2. The summed E-state index contributed by atoms with van der Waals surface area (Å²) in [5, 5.41) is 8.77. The van der Waals surface area contributed by atoms with Crippen molar-refractivity contribution in [1.82, 2.24) is 0 Å². The van der Waals surface area contributed by atoms with Crippen molar-refractivity contribution in [2.75, 3.05) is 10.5 Å². The van der Waals surface area contributed by atoms with E-state index in [4.69, 9.17) is 22.6 Å². The van der Waals surface area contributed by atoms with Crippen LogP contribution in [0.1, 0.15) is 5.56 Å². The smallest absolute Gasteiger partial charge is 0.263 e. The van der Waals surface area contributed by atoms with Gasteiger partial charge >= 0.3 is 0 Å². The second-order valence-electron chi connectivity index (χ2n) is 4.09.